The van der Waals surface area contributed by atoms with E-state index in [0.29, 0.717) is 18.1 Å². The molecule has 1 aliphatic heterocycles. The van der Waals surface area contributed by atoms with Gasteiger partial charge in [0.25, 0.3) is 5.91 Å². The van der Waals surface area contributed by atoms with Crippen LogP contribution < -0.4 is 4.74 Å². The van der Waals surface area contributed by atoms with Gasteiger partial charge in [-0.1, -0.05) is 11.2 Å². The number of rotatable bonds is 5. The summed E-state index contributed by atoms with van der Waals surface area (Å²) >= 11 is 0. The molecule has 1 atom stereocenters. The van der Waals surface area contributed by atoms with E-state index in [9.17, 15) is 9.90 Å². The number of pyridine rings is 1. The molecule has 0 unspecified atom stereocenters. The van der Waals surface area contributed by atoms with E-state index in [4.69, 9.17) is 9.26 Å². The Morgan fingerprint density at radius 3 is 3.15 bits per heavy atom. The van der Waals surface area contributed by atoms with Crippen LogP contribution in [0.1, 0.15) is 29.1 Å². The lowest BCUT2D eigenvalue weighted by atomic mass is 10.2. The van der Waals surface area contributed by atoms with Gasteiger partial charge >= 0.3 is 0 Å². The van der Waals surface area contributed by atoms with Crippen molar-refractivity contribution in [2.45, 2.75) is 25.5 Å². The van der Waals surface area contributed by atoms with E-state index < -0.39 is 0 Å². The highest BCUT2D eigenvalue weighted by Gasteiger charge is 2.30. The second-order valence-corrected chi connectivity index (χ2v) is 6.30. The first-order chi connectivity index (χ1) is 12.7. The molecule has 0 saturated carbocycles. The Morgan fingerprint density at radius 2 is 2.27 bits per heavy atom. The summed E-state index contributed by atoms with van der Waals surface area (Å²) in [6, 6.07) is 10.9. The molecule has 1 aromatic carbocycles. The minimum absolute atomic E-state index is 0.0314. The van der Waals surface area contributed by atoms with Gasteiger partial charge in [-0.3, -0.25) is 9.78 Å². The fourth-order valence-corrected chi connectivity index (χ4v) is 3.22. The molecule has 7 nitrogen and oxygen atoms in total. The summed E-state index contributed by atoms with van der Waals surface area (Å²) in [5.41, 5.74) is 1.14. The zero-order valence-corrected chi connectivity index (χ0v) is 14.2. The van der Waals surface area contributed by atoms with Gasteiger partial charge in [0, 0.05) is 24.2 Å². The van der Waals surface area contributed by atoms with E-state index in [1.807, 2.05) is 30.3 Å². The lowest BCUT2D eigenvalue weighted by Gasteiger charge is -2.21. The van der Waals surface area contributed by atoms with Gasteiger partial charge in [0.05, 0.1) is 18.2 Å². The molecule has 7 heteroatoms. The van der Waals surface area contributed by atoms with Crippen LogP contribution in [-0.2, 0) is 6.61 Å². The van der Waals surface area contributed by atoms with E-state index in [2.05, 4.69) is 10.1 Å². The maximum atomic E-state index is 12.5. The van der Waals surface area contributed by atoms with Gasteiger partial charge < -0.3 is 19.3 Å². The number of hydrogen-bond acceptors (Lipinski definition) is 6. The average molecular weight is 353 g/mol. The quantitative estimate of drug-likeness (QED) is 0.758. The second kappa shape index (κ2) is 7.13. The number of nitrogens with zero attached hydrogens (tertiary/aromatic N) is 3. The van der Waals surface area contributed by atoms with Crippen LogP contribution in [0.2, 0.25) is 0 Å². The van der Waals surface area contributed by atoms with Gasteiger partial charge in [-0.25, -0.2) is 0 Å². The van der Waals surface area contributed by atoms with Crippen LogP contribution in [0.15, 0.2) is 47.1 Å². The number of amides is 1. The van der Waals surface area contributed by atoms with Gasteiger partial charge in [0.15, 0.2) is 11.5 Å². The molecule has 0 bridgehead atoms. The zero-order chi connectivity index (χ0) is 17.9. The highest BCUT2D eigenvalue weighted by atomic mass is 16.5. The molecular formula is C19H19N3O4. The number of aliphatic hydroxyl groups excluding tert-OH is 1. The summed E-state index contributed by atoms with van der Waals surface area (Å²) in [5, 5.41) is 14.2. The monoisotopic (exact) mass is 353 g/mol. The van der Waals surface area contributed by atoms with Crippen molar-refractivity contribution in [1.29, 1.82) is 0 Å². The Kier molecular flexibility index (Phi) is 4.53. The van der Waals surface area contributed by atoms with Crippen molar-refractivity contribution in [1.82, 2.24) is 15.0 Å². The van der Waals surface area contributed by atoms with Crippen molar-refractivity contribution in [2.75, 3.05) is 13.2 Å². The summed E-state index contributed by atoms with van der Waals surface area (Å²) < 4.78 is 11.0. The molecule has 134 valence electrons. The van der Waals surface area contributed by atoms with Crippen molar-refractivity contribution >= 4 is 16.8 Å². The largest absolute Gasteiger partial charge is 0.486 e. The standard InChI is InChI=1S/C19H19N3O4/c23-11-14-4-2-8-22(14)19(24)18-10-16(26-21-18)12-25-15-5-6-17-13(9-15)3-1-7-20-17/h1,3,5-7,9-10,14,23H,2,4,8,11-12H2/t14-/m0/s1. The van der Waals surface area contributed by atoms with E-state index in [1.54, 1.807) is 17.2 Å². The number of carbonyl (C=O) groups is 1. The number of hydrogen-bond donors (Lipinski definition) is 1. The minimum atomic E-state index is -0.215. The third-order valence-electron chi connectivity index (χ3n) is 4.58. The molecule has 26 heavy (non-hydrogen) atoms. The van der Waals surface area contributed by atoms with Gasteiger partial charge in [-0.15, -0.1) is 0 Å². The normalized spacial score (nSPS) is 17.0. The number of benzene rings is 1. The third-order valence-corrected chi connectivity index (χ3v) is 4.58. The molecule has 1 aliphatic rings. The maximum absolute atomic E-state index is 12.5. The fraction of sp³-hybridized carbons (Fsp3) is 0.316. The van der Waals surface area contributed by atoms with Crippen LogP contribution in [0.25, 0.3) is 10.9 Å². The molecule has 1 amide bonds. The van der Waals surface area contributed by atoms with Gasteiger partial charge in [-0.05, 0) is 37.1 Å². The maximum Gasteiger partial charge on any atom is 0.276 e. The van der Waals surface area contributed by atoms with E-state index in [-0.39, 0.29) is 30.9 Å². The van der Waals surface area contributed by atoms with Crippen molar-refractivity contribution in [2.24, 2.45) is 0 Å². The molecule has 3 aromatic rings. The first kappa shape index (κ1) is 16.5. The Balaban J connectivity index is 1.42. The van der Waals surface area contributed by atoms with Gasteiger partial charge in [0.2, 0.25) is 0 Å². The van der Waals surface area contributed by atoms with E-state index in [0.717, 1.165) is 23.7 Å². The molecule has 4 rings (SSSR count). The minimum Gasteiger partial charge on any atom is -0.486 e. The van der Waals surface area contributed by atoms with E-state index >= 15 is 0 Å². The van der Waals surface area contributed by atoms with Crippen molar-refractivity contribution < 1.29 is 19.2 Å². The second-order valence-electron chi connectivity index (χ2n) is 6.30. The number of carbonyl (C=O) groups excluding carboxylic acids is 1. The van der Waals surface area contributed by atoms with Crippen molar-refractivity contribution in [3.63, 3.8) is 0 Å². The fourth-order valence-electron chi connectivity index (χ4n) is 3.22. The Morgan fingerprint density at radius 1 is 1.35 bits per heavy atom. The molecule has 1 N–H and O–H groups in total. The summed E-state index contributed by atoms with van der Waals surface area (Å²) in [5.74, 6) is 0.947. The smallest absolute Gasteiger partial charge is 0.276 e. The topological polar surface area (TPSA) is 88.7 Å². The summed E-state index contributed by atoms with van der Waals surface area (Å²) in [6.07, 6.45) is 3.45. The van der Waals surface area contributed by atoms with Crippen LogP contribution >= 0.6 is 0 Å². The zero-order valence-electron chi connectivity index (χ0n) is 14.2. The number of aliphatic hydroxyl groups is 1. The number of fused-ring (bicyclic) bond motifs is 1. The molecule has 1 saturated heterocycles. The highest BCUT2D eigenvalue weighted by molar-refractivity contribution is 5.92. The SMILES string of the molecule is O=C(c1cc(COc2ccc3ncccc3c2)on1)N1CCC[C@H]1CO. The number of ether oxygens (including phenoxy) is 1. The lowest BCUT2D eigenvalue weighted by molar-refractivity contribution is 0.0667. The third kappa shape index (κ3) is 3.25. The first-order valence-corrected chi connectivity index (χ1v) is 8.59. The Bertz CT molecular complexity index is 924. The van der Waals surface area contributed by atoms with Gasteiger partial charge in [-0.2, -0.15) is 0 Å². The van der Waals surface area contributed by atoms with Crippen LogP contribution in [-0.4, -0.2) is 45.2 Å². The predicted octanol–water partition coefficient (Wildman–Crippen LogP) is 2.40. The number of likely N-dealkylation sites (tertiary alicyclic amines) is 1. The molecule has 0 aliphatic carbocycles. The summed E-state index contributed by atoms with van der Waals surface area (Å²) in [6.45, 7) is 0.778. The van der Waals surface area contributed by atoms with Crippen LogP contribution in [0.5, 0.6) is 5.75 Å². The van der Waals surface area contributed by atoms with Crippen LogP contribution in [0.3, 0.4) is 0 Å². The first-order valence-electron chi connectivity index (χ1n) is 8.59. The van der Waals surface area contributed by atoms with E-state index in [1.165, 1.54) is 0 Å². The van der Waals surface area contributed by atoms with Crippen LogP contribution in [0.4, 0.5) is 0 Å². The lowest BCUT2D eigenvalue weighted by Crippen LogP contribution is -2.37. The molecule has 3 heterocycles. The Hall–Kier alpha value is -2.93. The van der Waals surface area contributed by atoms with Crippen molar-refractivity contribution in [3.8, 4) is 5.75 Å². The van der Waals surface area contributed by atoms with Crippen molar-refractivity contribution in [3.05, 3.63) is 54.0 Å². The Labute approximate surface area is 150 Å². The van der Waals surface area contributed by atoms with Gasteiger partial charge in [0.1, 0.15) is 12.4 Å². The molecule has 0 spiro atoms. The molecule has 1 fully saturated rings. The molecule has 2 aromatic heterocycles. The van der Waals surface area contributed by atoms with Crippen LogP contribution in [0, 0.1) is 0 Å². The highest BCUT2D eigenvalue weighted by Crippen LogP contribution is 2.22. The molecular weight excluding hydrogens is 334 g/mol. The predicted molar refractivity (Wildman–Crippen MR) is 93.7 cm³/mol. The summed E-state index contributed by atoms with van der Waals surface area (Å²) in [4.78, 5) is 18.4. The molecule has 0 radical (unpaired) electrons. The summed E-state index contributed by atoms with van der Waals surface area (Å²) in [7, 11) is 0. The number of aromatic nitrogens is 2. The average Bonchev–Trinajstić information content (AvgIpc) is 3.35.